The summed E-state index contributed by atoms with van der Waals surface area (Å²) in [5.41, 5.74) is 7.55. The molecular formula is C17H25N3S. The van der Waals surface area contributed by atoms with Gasteiger partial charge in [0.15, 0.2) is 0 Å². The van der Waals surface area contributed by atoms with Gasteiger partial charge in [0.25, 0.3) is 0 Å². The quantitative estimate of drug-likeness (QED) is 0.758. The third-order valence-corrected chi connectivity index (χ3v) is 4.57. The molecule has 21 heavy (non-hydrogen) atoms. The zero-order valence-corrected chi connectivity index (χ0v) is 15.1. The van der Waals surface area contributed by atoms with Gasteiger partial charge in [-0.1, -0.05) is 41.5 Å². The Balaban J connectivity index is 2.78. The molecule has 2 aromatic heterocycles. The highest BCUT2D eigenvalue weighted by Gasteiger charge is 2.30. The lowest BCUT2D eigenvalue weighted by Crippen LogP contribution is -2.26. The van der Waals surface area contributed by atoms with Gasteiger partial charge >= 0.3 is 0 Å². The Morgan fingerprint density at radius 1 is 0.905 bits per heavy atom. The van der Waals surface area contributed by atoms with E-state index in [2.05, 4.69) is 63.6 Å². The van der Waals surface area contributed by atoms with E-state index in [4.69, 9.17) is 0 Å². The van der Waals surface area contributed by atoms with Crippen LogP contribution in [0.4, 0.5) is 0 Å². The second-order valence-corrected chi connectivity index (χ2v) is 8.52. The topological polar surface area (TPSA) is 38.7 Å². The van der Waals surface area contributed by atoms with Gasteiger partial charge in [-0.05, 0) is 30.4 Å². The molecule has 2 rings (SSSR count). The van der Waals surface area contributed by atoms with Crippen LogP contribution in [0.15, 0.2) is 5.51 Å². The van der Waals surface area contributed by atoms with E-state index < -0.39 is 0 Å². The second kappa shape index (κ2) is 5.16. The summed E-state index contributed by atoms with van der Waals surface area (Å²) in [4.78, 5) is 5.48. The highest BCUT2D eigenvalue weighted by molar-refractivity contribution is 7.13. The van der Waals surface area contributed by atoms with E-state index in [0.29, 0.717) is 0 Å². The summed E-state index contributed by atoms with van der Waals surface area (Å²) in [6.07, 6.45) is 0. The van der Waals surface area contributed by atoms with Gasteiger partial charge in [0.2, 0.25) is 0 Å². The molecule has 0 fully saturated rings. The molecule has 2 aromatic rings. The summed E-state index contributed by atoms with van der Waals surface area (Å²) in [6.45, 7) is 17.5. The third kappa shape index (κ3) is 3.00. The first kappa shape index (κ1) is 16.1. The van der Waals surface area contributed by atoms with Crippen LogP contribution in [0.3, 0.4) is 0 Å². The van der Waals surface area contributed by atoms with Crippen LogP contribution in [0, 0.1) is 13.8 Å². The average molecular weight is 303 g/mol. The van der Waals surface area contributed by atoms with E-state index in [0.717, 1.165) is 22.0 Å². The first-order chi connectivity index (χ1) is 9.53. The fraction of sp³-hybridized carbons (Fsp3) is 0.588. The zero-order chi connectivity index (χ0) is 16.0. The van der Waals surface area contributed by atoms with E-state index in [-0.39, 0.29) is 10.8 Å². The molecule has 0 atom stereocenters. The SMILES string of the molecule is Cc1ncsc1-c1nnc(C(C)(C)C)c(C(C)(C)C)c1C. The van der Waals surface area contributed by atoms with Crippen molar-refractivity contribution in [2.75, 3.05) is 0 Å². The Morgan fingerprint density at radius 3 is 1.95 bits per heavy atom. The van der Waals surface area contributed by atoms with Crippen molar-refractivity contribution in [2.45, 2.75) is 66.2 Å². The van der Waals surface area contributed by atoms with Crippen LogP contribution < -0.4 is 0 Å². The Kier molecular flexibility index (Phi) is 3.96. The molecule has 4 heteroatoms. The molecule has 0 saturated carbocycles. The first-order valence-corrected chi connectivity index (χ1v) is 8.20. The minimum atomic E-state index is -0.0123. The minimum absolute atomic E-state index is 0.0123. The molecule has 114 valence electrons. The molecular weight excluding hydrogens is 278 g/mol. The smallest absolute Gasteiger partial charge is 0.108 e. The maximum absolute atomic E-state index is 4.60. The van der Waals surface area contributed by atoms with E-state index in [9.17, 15) is 0 Å². The number of aromatic nitrogens is 3. The van der Waals surface area contributed by atoms with E-state index in [1.807, 2.05) is 12.4 Å². The molecule has 0 bridgehead atoms. The van der Waals surface area contributed by atoms with E-state index in [1.54, 1.807) is 11.3 Å². The lowest BCUT2D eigenvalue weighted by atomic mass is 9.76. The third-order valence-electron chi connectivity index (χ3n) is 3.64. The summed E-state index contributed by atoms with van der Waals surface area (Å²) >= 11 is 1.64. The van der Waals surface area contributed by atoms with Crippen molar-refractivity contribution < 1.29 is 0 Å². The van der Waals surface area contributed by atoms with Gasteiger partial charge in [0, 0.05) is 5.41 Å². The molecule has 0 amide bonds. The van der Waals surface area contributed by atoms with Gasteiger partial charge in [0.05, 0.1) is 21.8 Å². The fourth-order valence-corrected chi connectivity index (χ4v) is 3.55. The number of thiazole rings is 1. The Labute approximate surface area is 131 Å². The number of aryl methyl sites for hydroxylation is 1. The normalized spacial score (nSPS) is 12.8. The molecule has 0 saturated heterocycles. The van der Waals surface area contributed by atoms with Crippen molar-refractivity contribution in [3.63, 3.8) is 0 Å². The number of rotatable bonds is 1. The highest BCUT2D eigenvalue weighted by atomic mass is 32.1. The van der Waals surface area contributed by atoms with Crippen LogP contribution in [-0.2, 0) is 10.8 Å². The summed E-state index contributed by atoms with van der Waals surface area (Å²) in [7, 11) is 0. The van der Waals surface area contributed by atoms with Crippen molar-refractivity contribution >= 4 is 11.3 Å². The number of nitrogens with zero attached hydrogens (tertiary/aromatic N) is 3. The van der Waals surface area contributed by atoms with Gasteiger partial charge < -0.3 is 0 Å². The Morgan fingerprint density at radius 2 is 1.52 bits per heavy atom. The molecule has 0 aliphatic rings. The maximum Gasteiger partial charge on any atom is 0.108 e. The molecule has 0 unspecified atom stereocenters. The number of hydrogen-bond donors (Lipinski definition) is 0. The van der Waals surface area contributed by atoms with Crippen molar-refractivity contribution in [2.24, 2.45) is 0 Å². The molecule has 0 spiro atoms. The summed E-state index contributed by atoms with van der Waals surface area (Å²) < 4.78 is 0. The maximum atomic E-state index is 4.60. The predicted molar refractivity (Wildman–Crippen MR) is 90.0 cm³/mol. The van der Waals surface area contributed by atoms with Crippen molar-refractivity contribution in [1.29, 1.82) is 0 Å². The second-order valence-electron chi connectivity index (χ2n) is 7.66. The van der Waals surface area contributed by atoms with Crippen molar-refractivity contribution in [3.05, 3.63) is 28.0 Å². The largest absolute Gasteiger partial charge is 0.249 e. The summed E-state index contributed by atoms with van der Waals surface area (Å²) in [5.74, 6) is 0. The molecule has 0 radical (unpaired) electrons. The number of hydrogen-bond acceptors (Lipinski definition) is 4. The van der Waals surface area contributed by atoms with E-state index >= 15 is 0 Å². The van der Waals surface area contributed by atoms with Crippen LogP contribution in [0.1, 0.15) is 64.1 Å². The van der Waals surface area contributed by atoms with Gasteiger partial charge in [-0.2, -0.15) is 5.10 Å². The van der Waals surface area contributed by atoms with Gasteiger partial charge in [0.1, 0.15) is 5.69 Å². The zero-order valence-electron chi connectivity index (χ0n) is 14.3. The minimum Gasteiger partial charge on any atom is -0.249 e. The molecule has 0 aliphatic heterocycles. The summed E-state index contributed by atoms with van der Waals surface area (Å²) in [5, 5.41) is 9.15. The predicted octanol–water partition coefficient (Wildman–Crippen LogP) is 4.81. The Hall–Kier alpha value is -1.29. The molecule has 0 aromatic carbocycles. The lowest BCUT2D eigenvalue weighted by Gasteiger charge is -2.30. The van der Waals surface area contributed by atoms with Gasteiger partial charge in [-0.3, -0.25) is 0 Å². The van der Waals surface area contributed by atoms with Crippen LogP contribution in [0.2, 0.25) is 0 Å². The summed E-state index contributed by atoms with van der Waals surface area (Å²) in [6, 6.07) is 0. The van der Waals surface area contributed by atoms with Crippen molar-refractivity contribution in [3.8, 4) is 10.6 Å². The van der Waals surface area contributed by atoms with Crippen LogP contribution >= 0.6 is 11.3 Å². The molecule has 0 N–H and O–H groups in total. The molecule has 3 nitrogen and oxygen atoms in total. The van der Waals surface area contributed by atoms with E-state index in [1.165, 1.54) is 11.1 Å². The van der Waals surface area contributed by atoms with Crippen LogP contribution in [0.5, 0.6) is 0 Å². The highest BCUT2D eigenvalue weighted by Crippen LogP contribution is 2.38. The van der Waals surface area contributed by atoms with Crippen molar-refractivity contribution in [1.82, 2.24) is 15.2 Å². The van der Waals surface area contributed by atoms with Crippen LogP contribution in [-0.4, -0.2) is 15.2 Å². The Bertz CT molecular complexity index is 658. The fourth-order valence-electron chi connectivity index (χ4n) is 2.71. The molecule has 0 aliphatic carbocycles. The van der Waals surface area contributed by atoms with Gasteiger partial charge in [-0.15, -0.1) is 16.4 Å². The standard InChI is InChI=1S/C17H25N3S/c1-10-12(16(3,4)5)15(17(6,7)8)20-19-13(10)14-11(2)18-9-21-14/h9H,1-8H3. The molecule has 2 heterocycles. The average Bonchev–Trinajstić information content (AvgIpc) is 2.72. The van der Waals surface area contributed by atoms with Crippen LogP contribution in [0.25, 0.3) is 10.6 Å². The van der Waals surface area contributed by atoms with Gasteiger partial charge in [-0.25, -0.2) is 4.98 Å². The monoisotopic (exact) mass is 303 g/mol. The lowest BCUT2D eigenvalue weighted by molar-refractivity contribution is 0.503. The first-order valence-electron chi connectivity index (χ1n) is 7.32.